The first-order valence-electron chi connectivity index (χ1n) is 9.82. The molecule has 164 valence electrons. The Bertz CT molecular complexity index is 901. The molecule has 11 nitrogen and oxygen atoms in total. The lowest BCUT2D eigenvalue weighted by molar-refractivity contribution is -0.144. The number of rotatable bonds is 6. The first-order chi connectivity index (χ1) is 14.1. The van der Waals surface area contributed by atoms with Crippen LogP contribution in [0.15, 0.2) is 18.6 Å². The van der Waals surface area contributed by atoms with Crippen molar-refractivity contribution in [2.24, 2.45) is 12.5 Å². The maximum atomic E-state index is 13.5. The van der Waals surface area contributed by atoms with E-state index in [1.54, 1.807) is 30.3 Å². The summed E-state index contributed by atoms with van der Waals surface area (Å²) in [6.45, 7) is 6.05. The molecule has 1 aliphatic heterocycles. The van der Waals surface area contributed by atoms with E-state index >= 15 is 0 Å². The number of aliphatic hydroxyl groups is 1. The third kappa shape index (κ3) is 4.61. The van der Waals surface area contributed by atoms with Gasteiger partial charge in [-0.25, -0.2) is 4.68 Å². The van der Waals surface area contributed by atoms with Crippen molar-refractivity contribution in [3.63, 3.8) is 0 Å². The number of hydrogen-bond donors (Lipinski definition) is 2. The zero-order chi connectivity index (χ0) is 22.1. The van der Waals surface area contributed by atoms with E-state index in [9.17, 15) is 14.7 Å². The molecule has 0 radical (unpaired) electrons. The smallest absolute Gasteiger partial charge is 0.248 e. The fourth-order valence-corrected chi connectivity index (χ4v) is 3.65. The Labute approximate surface area is 175 Å². The monoisotopic (exact) mass is 419 g/mol. The number of hydrogen-bond acceptors (Lipinski definition) is 7. The van der Waals surface area contributed by atoms with Gasteiger partial charge in [0.25, 0.3) is 0 Å². The van der Waals surface area contributed by atoms with Crippen LogP contribution >= 0.6 is 0 Å². The van der Waals surface area contributed by atoms with Crippen LogP contribution in [0.1, 0.15) is 38.9 Å². The summed E-state index contributed by atoms with van der Waals surface area (Å²) in [4.78, 5) is 27.1. The van der Waals surface area contributed by atoms with Gasteiger partial charge in [0, 0.05) is 27.1 Å². The molecule has 0 spiro atoms. The van der Waals surface area contributed by atoms with Gasteiger partial charge < -0.3 is 20.1 Å². The first kappa shape index (κ1) is 21.8. The molecule has 2 aromatic heterocycles. The number of β-amino-alcohol motifs (C(OH)–C–C–N with tert-alkyl or cyclic N) is 1. The first-order valence-corrected chi connectivity index (χ1v) is 9.82. The molecule has 0 bridgehead atoms. The molecule has 3 atom stereocenters. The van der Waals surface area contributed by atoms with Crippen molar-refractivity contribution in [3.8, 4) is 5.75 Å². The Balaban J connectivity index is 1.80. The summed E-state index contributed by atoms with van der Waals surface area (Å²) in [7, 11) is 3.31. The number of amides is 2. The lowest BCUT2D eigenvalue weighted by atomic mass is 9.85. The minimum absolute atomic E-state index is 0.106. The van der Waals surface area contributed by atoms with Crippen molar-refractivity contribution in [2.75, 3.05) is 13.6 Å². The Morgan fingerprint density at radius 1 is 1.37 bits per heavy atom. The van der Waals surface area contributed by atoms with Crippen molar-refractivity contribution in [2.45, 2.75) is 52.0 Å². The van der Waals surface area contributed by atoms with E-state index in [0.29, 0.717) is 11.4 Å². The molecule has 2 unspecified atom stereocenters. The largest absolute Gasteiger partial charge is 0.484 e. The van der Waals surface area contributed by atoms with Crippen LogP contribution in [0.25, 0.3) is 0 Å². The van der Waals surface area contributed by atoms with Gasteiger partial charge in [-0.1, -0.05) is 26.0 Å². The average Bonchev–Trinajstić information content (AvgIpc) is 3.38. The topological polar surface area (TPSA) is 127 Å². The molecular weight excluding hydrogens is 390 g/mol. The van der Waals surface area contributed by atoms with Crippen molar-refractivity contribution in [1.82, 2.24) is 35.0 Å². The summed E-state index contributed by atoms with van der Waals surface area (Å²) < 4.78 is 8.79. The molecule has 2 N–H and O–H groups in total. The minimum atomic E-state index is -0.740. The molecule has 1 saturated heterocycles. The Kier molecular flexibility index (Phi) is 6.11. The van der Waals surface area contributed by atoms with Gasteiger partial charge in [0.15, 0.2) is 5.75 Å². The van der Waals surface area contributed by atoms with Crippen LogP contribution in [0.4, 0.5) is 0 Å². The molecule has 30 heavy (non-hydrogen) atoms. The summed E-state index contributed by atoms with van der Waals surface area (Å²) in [6, 6.07) is -1.41. The van der Waals surface area contributed by atoms with Gasteiger partial charge in [-0.2, -0.15) is 5.10 Å². The van der Waals surface area contributed by atoms with Crippen molar-refractivity contribution in [3.05, 3.63) is 24.3 Å². The molecule has 0 aromatic carbocycles. The molecule has 0 aliphatic carbocycles. The lowest BCUT2D eigenvalue weighted by Gasteiger charge is -2.34. The van der Waals surface area contributed by atoms with E-state index in [0.717, 1.165) is 0 Å². The highest BCUT2D eigenvalue weighted by molar-refractivity contribution is 5.90. The number of aromatic nitrogens is 5. The van der Waals surface area contributed by atoms with E-state index in [-0.39, 0.29) is 31.4 Å². The molecule has 1 aliphatic rings. The van der Waals surface area contributed by atoms with Crippen LogP contribution in [0, 0.1) is 5.41 Å². The Morgan fingerprint density at radius 3 is 2.70 bits per heavy atom. The van der Waals surface area contributed by atoms with Gasteiger partial charge in [-0.05, 0) is 5.41 Å². The zero-order valence-corrected chi connectivity index (χ0v) is 17.9. The second-order valence-corrected chi connectivity index (χ2v) is 8.61. The van der Waals surface area contributed by atoms with Crippen LogP contribution in [0.3, 0.4) is 0 Å². The Hall–Kier alpha value is -2.95. The van der Waals surface area contributed by atoms with Gasteiger partial charge in [-0.15, -0.1) is 5.10 Å². The molecule has 2 aromatic rings. The number of nitrogens with one attached hydrogen (secondary N) is 1. The quantitative estimate of drug-likeness (QED) is 0.668. The van der Waals surface area contributed by atoms with Crippen LogP contribution in [0.5, 0.6) is 5.75 Å². The minimum Gasteiger partial charge on any atom is -0.484 e. The number of aliphatic hydroxyl groups excluding tert-OH is 1. The second kappa shape index (κ2) is 8.42. The van der Waals surface area contributed by atoms with Crippen molar-refractivity contribution in [1.29, 1.82) is 0 Å². The summed E-state index contributed by atoms with van der Waals surface area (Å²) in [6.07, 6.45) is 4.48. The number of likely N-dealkylation sites (N-methyl/N-ethyl adjacent to an activating group) is 1. The van der Waals surface area contributed by atoms with Crippen molar-refractivity contribution < 1.29 is 19.4 Å². The van der Waals surface area contributed by atoms with Gasteiger partial charge in [-0.3, -0.25) is 14.3 Å². The standard InChI is InChI=1S/C19H29N7O4/c1-19(2,3)16(18(29)25-9-13(27)6-15(25)17(28)20-4)26-8-12(22-23-26)11-30-14-7-21-24(5)10-14/h7-8,10,13,15-16,27H,6,9,11H2,1-5H3,(H,20,28)/t13?,15?,16-/m1/s1. The Morgan fingerprint density at radius 2 is 2.10 bits per heavy atom. The molecule has 2 amide bonds. The third-order valence-corrected chi connectivity index (χ3v) is 5.06. The molecule has 1 fully saturated rings. The highest BCUT2D eigenvalue weighted by atomic mass is 16.5. The maximum Gasteiger partial charge on any atom is 0.248 e. The normalized spacial score (nSPS) is 20.3. The fourth-order valence-electron chi connectivity index (χ4n) is 3.65. The van der Waals surface area contributed by atoms with Gasteiger partial charge in [0.2, 0.25) is 11.8 Å². The number of carbonyl (C=O) groups excluding carboxylic acids is 2. The SMILES string of the molecule is CNC(=O)C1CC(O)CN1C(=O)[C@@H](n1cc(COc2cnn(C)c2)nn1)C(C)(C)C. The highest BCUT2D eigenvalue weighted by Crippen LogP contribution is 2.34. The number of likely N-dealkylation sites (tertiary alicyclic amines) is 1. The zero-order valence-electron chi connectivity index (χ0n) is 17.9. The van der Waals surface area contributed by atoms with Gasteiger partial charge in [0.05, 0.1) is 24.7 Å². The highest BCUT2D eigenvalue weighted by Gasteiger charge is 2.44. The van der Waals surface area contributed by atoms with Crippen LogP contribution < -0.4 is 10.1 Å². The third-order valence-electron chi connectivity index (χ3n) is 5.06. The van der Waals surface area contributed by atoms with E-state index < -0.39 is 23.6 Å². The predicted molar refractivity (Wildman–Crippen MR) is 106 cm³/mol. The van der Waals surface area contributed by atoms with E-state index in [2.05, 4.69) is 20.7 Å². The number of ether oxygens (including phenoxy) is 1. The number of aryl methyl sites for hydroxylation is 1. The molecular formula is C19H29N7O4. The van der Waals surface area contributed by atoms with Crippen molar-refractivity contribution >= 4 is 11.8 Å². The fraction of sp³-hybridized carbons (Fsp3) is 0.632. The summed E-state index contributed by atoms with van der Waals surface area (Å²) >= 11 is 0. The van der Waals surface area contributed by atoms with E-state index in [4.69, 9.17) is 4.74 Å². The lowest BCUT2D eigenvalue weighted by Crippen LogP contribution is -2.49. The predicted octanol–water partition coefficient (Wildman–Crippen LogP) is -0.114. The van der Waals surface area contributed by atoms with Crippen LogP contribution in [-0.4, -0.2) is 72.3 Å². The summed E-state index contributed by atoms with van der Waals surface area (Å²) in [5, 5.41) is 25.0. The number of nitrogens with zero attached hydrogens (tertiary/aromatic N) is 6. The molecule has 3 heterocycles. The maximum absolute atomic E-state index is 13.5. The van der Waals surface area contributed by atoms with Gasteiger partial charge >= 0.3 is 0 Å². The molecule has 11 heteroatoms. The van der Waals surface area contributed by atoms with Crippen LogP contribution in [0.2, 0.25) is 0 Å². The second-order valence-electron chi connectivity index (χ2n) is 8.61. The van der Waals surface area contributed by atoms with Gasteiger partial charge in [0.1, 0.15) is 24.4 Å². The number of carbonyl (C=O) groups is 2. The molecule has 3 rings (SSSR count). The molecule has 0 saturated carbocycles. The van der Waals surface area contributed by atoms with E-state index in [1.165, 1.54) is 16.6 Å². The van der Waals surface area contributed by atoms with Crippen LogP contribution in [-0.2, 0) is 23.2 Å². The van der Waals surface area contributed by atoms with E-state index in [1.807, 2.05) is 20.8 Å². The average molecular weight is 419 g/mol. The summed E-state index contributed by atoms with van der Waals surface area (Å²) in [5.74, 6) is 0.0314. The summed E-state index contributed by atoms with van der Waals surface area (Å²) in [5.41, 5.74) is 0.0535.